The molecule has 1 aliphatic heterocycles. The fourth-order valence-corrected chi connectivity index (χ4v) is 3.95. The van der Waals surface area contributed by atoms with Crippen molar-refractivity contribution in [1.82, 2.24) is 24.8 Å². The number of nitrogens with zero attached hydrogens (tertiary/aromatic N) is 4. The average molecular weight is 386 g/mol. The summed E-state index contributed by atoms with van der Waals surface area (Å²) in [4.78, 5) is 19.8. The average Bonchev–Trinajstić information content (AvgIpc) is 3.10. The molecule has 1 unspecified atom stereocenters. The van der Waals surface area contributed by atoms with Gasteiger partial charge in [-0.25, -0.2) is 9.50 Å². The molecule has 1 N–H and O–H groups in total. The molecule has 0 bridgehead atoms. The predicted molar refractivity (Wildman–Crippen MR) is 113 cm³/mol. The van der Waals surface area contributed by atoms with Crippen LogP contribution in [0.4, 0.5) is 0 Å². The first-order chi connectivity index (χ1) is 13.3. The van der Waals surface area contributed by atoms with E-state index in [0.717, 1.165) is 36.4 Å². The Bertz CT molecular complexity index is 820. The number of rotatable bonds is 6. The molecule has 6 nitrogen and oxygen atoms in total. The second-order valence-corrected chi connectivity index (χ2v) is 9.01. The van der Waals surface area contributed by atoms with Crippen LogP contribution in [0.2, 0.25) is 0 Å². The van der Waals surface area contributed by atoms with Crippen LogP contribution in [0, 0.1) is 0 Å². The van der Waals surface area contributed by atoms with E-state index < -0.39 is 0 Å². The molecule has 0 aliphatic carbocycles. The summed E-state index contributed by atoms with van der Waals surface area (Å²) in [7, 11) is 0. The number of likely N-dealkylation sites (tertiary alicyclic amines) is 1. The molecule has 2 aromatic rings. The molecule has 3 rings (SSSR count). The van der Waals surface area contributed by atoms with E-state index >= 15 is 0 Å². The summed E-state index contributed by atoms with van der Waals surface area (Å²) in [6, 6.07) is 2.68. The zero-order valence-electron chi connectivity index (χ0n) is 18.1. The van der Waals surface area contributed by atoms with E-state index in [9.17, 15) is 4.79 Å². The molecular formula is C22H35N5O. The third-order valence-electron chi connectivity index (χ3n) is 5.78. The Morgan fingerprint density at radius 2 is 2.11 bits per heavy atom. The molecule has 3 heterocycles. The first kappa shape index (κ1) is 20.8. The molecular weight excluding hydrogens is 350 g/mol. The monoisotopic (exact) mass is 385 g/mol. The molecule has 154 valence electrons. The number of carbonyl (C=O) groups is 1. The van der Waals surface area contributed by atoms with Gasteiger partial charge in [-0.3, -0.25) is 4.79 Å². The van der Waals surface area contributed by atoms with Crippen LogP contribution in [-0.2, 0) is 11.8 Å². The first-order valence-corrected chi connectivity index (χ1v) is 10.7. The van der Waals surface area contributed by atoms with E-state index in [2.05, 4.69) is 49.8 Å². The Kier molecular flexibility index (Phi) is 6.38. The lowest BCUT2D eigenvalue weighted by atomic mass is 9.93. The summed E-state index contributed by atoms with van der Waals surface area (Å²) < 4.78 is 1.84. The molecule has 6 heteroatoms. The van der Waals surface area contributed by atoms with Gasteiger partial charge in [-0.15, -0.1) is 0 Å². The number of aryl methyl sites for hydroxylation is 1. The van der Waals surface area contributed by atoms with Crippen LogP contribution in [0.15, 0.2) is 12.3 Å². The number of nitrogens with one attached hydrogen (secondary N) is 1. The second kappa shape index (κ2) is 8.60. The van der Waals surface area contributed by atoms with E-state index in [1.165, 1.54) is 25.8 Å². The number of hydrogen-bond donors (Lipinski definition) is 1. The maximum Gasteiger partial charge on any atom is 0.254 e. The Morgan fingerprint density at radius 1 is 1.32 bits per heavy atom. The highest BCUT2D eigenvalue weighted by molar-refractivity contribution is 5.95. The molecule has 0 aromatic carbocycles. The minimum Gasteiger partial charge on any atom is -0.352 e. The van der Waals surface area contributed by atoms with Crippen molar-refractivity contribution in [3.05, 3.63) is 29.2 Å². The highest BCUT2D eigenvalue weighted by Crippen LogP contribution is 2.23. The minimum absolute atomic E-state index is 0.0489. The van der Waals surface area contributed by atoms with Gasteiger partial charge in [-0.2, -0.15) is 5.10 Å². The predicted octanol–water partition coefficient (Wildman–Crippen LogP) is 3.58. The van der Waals surface area contributed by atoms with Crippen LogP contribution in [0.3, 0.4) is 0 Å². The van der Waals surface area contributed by atoms with Gasteiger partial charge in [0.05, 0.1) is 17.0 Å². The van der Waals surface area contributed by atoms with E-state index in [0.29, 0.717) is 18.2 Å². The van der Waals surface area contributed by atoms with Gasteiger partial charge in [0.2, 0.25) is 0 Å². The largest absolute Gasteiger partial charge is 0.352 e. The maximum absolute atomic E-state index is 12.8. The molecule has 1 aliphatic rings. The Labute approximate surface area is 168 Å². The van der Waals surface area contributed by atoms with Crippen LogP contribution < -0.4 is 5.32 Å². The summed E-state index contributed by atoms with van der Waals surface area (Å²) in [6.45, 7) is 13.7. The smallest absolute Gasteiger partial charge is 0.254 e. The molecule has 1 saturated heterocycles. The van der Waals surface area contributed by atoms with Crippen molar-refractivity contribution < 1.29 is 4.79 Å². The number of carbonyl (C=O) groups excluding carboxylic acids is 1. The van der Waals surface area contributed by atoms with Crippen LogP contribution in [0.5, 0.6) is 0 Å². The van der Waals surface area contributed by atoms with Crippen molar-refractivity contribution >= 4 is 11.6 Å². The maximum atomic E-state index is 12.8. The van der Waals surface area contributed by atoms with Crippen molar-refractivity contribution in [3.63, 3.8) is 0 Å². The second-order valence-electron chi connectivity index (χ2n) is 9.01. The Morgan fingerprint density at radius 3 is 2.79 bits per heavy atom. The normalized spacial score (nSPS) is 18.5. The third kappa shape index (κ3) is 4.54. The number of aromatic nitrogens is 3. The first-order valence-electron chi connectivity index (χ1n) is 10.7. The lowest BCUT2D eigenvalue weighted by Crippen LogP contribution is -2.39. The molecule has 0 saturated carbocycles. The Balaban J connectivity index is 1.65. The molecule has 28 heavy (non-hydrogen) atoms. The number of hydrogen-bond acceptors (Lipinski definition) is 4. The van der Waals surface area contributed by atoms with Crippen molar-refractivity contribution in [2.75, 3.05) is 19.6 Å². The van der Waals surface area contributed by atoms with Gasteiger partial charge >= 0.3 is 0 Å². The lowest BCUT2D eigenvalue weighted by molar-refractivity contribution is 0.0947. The summed E-state index contributed by atoms with van der Waals surface area (Å²) in [6.07, 6.45) is 7.33. The third-order valence-corrected chi connectivity index (χ3v) is 5.78. The van der Waals surface area contributed by atoms with Gasteiger partial charge < -0.3 is 10.2 Å². The van der Waals surface area contributed by atoms with Gasteiger partial charge in [0, 0.05) is 36.8 Å². The van der Waals surface area contributed by atoms with E-state index in [1.807, 2.05) is 10.6 Å². The zero-order valence-corrected chi connectivity index (χ0v) is 18.1. The number of amides is 1. The van der Waals surface area contributed by atoms with Crippen molar-refractivity contribution in [3.8, 4) is 0 Å². The highest BCUT2D eigenvalue weighted by Gasteiger charge is 2.22. The standard InChI is InChI=1S/C22H35N5O/c1-6-18-17(15-24-20-14-19(22(3,4)5)25-27(18)20)21(28)23-11-9-13-26-12-8-7-10-16(26)2/h14-16H,6-13H2,1-5H3,(H,23,28). The summed E-state index contributed by atoms with van der Waals surface area (Å²) in [5.41, 5.74) is 3.29. The summed E-state index contributed by atoms with van der Waals surface area (Å²) in [5.74, 6) is -0.0502. The van der Waals surface area contributed by atoms with Crippen LogP contribution in [0.1, 0.15) is 82.0 Å². The lowest BCUT2D eigenvalue weighted by Gasteiger charge is -2.33. The quantitative estimate of drug-likeness (QED) is 0.772. The zero-order chi connectivity index (χ0) is 20.3. The van der Waals surface area contributed by atoms with Gasteiger partial charge in [0.15, 0.2) is 5.65 Å². The van der Waals surface area contributed by atoms with E-state index in [4.69, 9.17) is 5.10 Å². The van der Waals surface area contributed by atoms with Crippen LogP contribution in [0.25, 0.3) is 5.65 Å². The van der Waals surface area contributed by atoms with E-state index in [1.54, 1.807) is 6.20 Å². The highest BCUT2D eigenvalue weighted by atomic mass is 16.1. The van der Waals surface area contributed by atoms with Crippen molar-refractivity contribution in [2.24, 2.45) is 0 Å². The molecule has 1 fully saturated rings. The fourth-order valence-electron chi connectivity index (χ4n) is 3.95. The fraction of sp³-hybridized carbons (Fsp3) is 0.682. The molecule has 1 atom stereocenters. The molecule has 2 aromatic heterocycles. The van der Waals surface area contributed by atoms with Gasteiger partial charge in [0.1, 0.15) is 0 Å². The number of piperidine rings is 1. The van der Waals surface area contributed by atoms with Crippen molar-refractivity contribution in [1.29, 1.82) is 0 Å². The Hall–Kier alpha value is -1.95. The molecule has 1 amide bonds. The van der Waals surface area contributed by atoms with Gasteiger partial charge in [0.25, 0.3) is 5.91 Å². The molecule has 0 spiro atoms. The topological polar surface area (TPSA) is 62.5 Å². The van der Waals surface area contributed by atoms with Gasteiger partial charge in [-0.05, 0) is 39.2 Å². The van der Waals surface area contributed by atoms with Crippen LogP contribution >= 0.6 is 0 Å². The van der Waals surface area contributed by atoms with Crippen LogP contribution in [-0.4, -0.2) is 51.1 Å². The SMILES string of the molecule is CCc1c(C(=O)NCCCN2CCCCC2C)cnc2cc(C(C)(C)C)nn12. The van der Waals surface area contributed by atoms with E-state index in [-0.39, 0.29) is 11.3 Å². The molecule has 0 radical (unpaired) electrons. The summed E-state index contributed by atoms with van der Waals surface area (Å²) >= 11 is 0. The van der Waals surface area contributed by atoms with Crippen molar-refractivity contribution in [2.45, 2.75) is 78.2 Å². The minimum atomic E-state index is -0.0502. The van der Waals surface area contributed by atoms with Gasteiger partial charge in [-0.1, -0.05) is 34.1 Å². The summed E-state index contributed by atoms with van der Waals surface area (Å²) in [5, 5.41) is 7.81. The number of fused-ring (bicyclic) bond motifs is 1.